The Hall–Kier alpha value is -1.09. The van der Waals surface area contributed by atoms with Crippen LogP contribution in [0.2, 0.25) is 0 Å². The topological polar surface area (TPSA) is 34.0 Å². The summed E-state index contributed by atoms with van der Waals surface area (Å²) in [4.78, 5) is 11.4. The molecule has 0 spiro atoms. The zero-order valence-electron chi connectivity index (χ0n) is 7.50. The molecule has 0 aliphatic heterocycles. The second kappa shape index (κ2) is 4.07. The number of aromatic nitrogens is 1. The summed E-state index contributed by atoms with van der Waals surface area (Å²) < 4.78 is 1.71. The van der Waals surface area contributed by atoms with E-state index in [1.807, 2.05) is 32.3 Å². The Morgan fingerprint density at radius 3 is 3.00 bits per heavy atom. The number of nitrogens with one attached hydrogen (secondary N) is 1. The second-order valence-corrected chi connectivity index (χ2v) is 2.79. The van der Waals surface area contributed by atoms with Crippen LogP contribution < -0.4 is 10.9 Å². The molecular formula is C9H14N2O. The standard InChI is InChI=1S/C9H14N2O/c1-8-4-3-6-11(9(8)12)7-5-10-2/h3-4,6,10H,5,7H2,1-2H3. The lowest BCUT2D eigenvalue weighted by atomic mass is 10.3. The third-order valence-electron chi connectivity index (χ3n) is 1.81. The molecule has 0 saturated heterocycles. The Bertz CT molecular complexity index is 304. The van der Waals surface area contributed by atoms with Crippen molar-refractivity contribution in [2.75, 3.05) is 13.6 Å². The van der Waals surface area contributed by atoms with Gasteiger partial charge in [0.1, 0.15) is 0 Å². The number of likely N-dealkylation sites (N-methyl/N-ethyl adjacent to an activating group) is 1. The molecule has 12 heavy (non-hydrogen) atoms. The van der Waals surface area contributed by atoms with Gasteiger partial charge in [-0.25, -0.2) is 0 Å². The highest BCUT2D eigenvalue weighted by atomic mass is 16.1. The SMILES string of the molecule is CNCCn1cccc(C)c1=O. The molecule has 1 heterocycles. The predicted molar refractivity (Wildman–Crippen MR) is 49.4 cm³/mol. The summed E-state index contributed by atoms with van der Waals surface area (Å²) in [6, 6.07) is 3.73. The highest BCUT2D eigenvalue weighted by molar-refractivity contribution is 5.07. The second-order valence-electron chi connectivity index (χ2n) is 2.79. The fourth-order valence-electron chi connectivity index (χ4n) is 1.07. The van der Waals surface area contributed by atoms with Crippen LogP contribution in [-0.2, 0) is 6.54 Å². The molecule has 0 radical (unpaired) electrons. The minimum absolute atomic E-state index is 0.104. The zero-order valence-corrected chi connectivity index (χ0v) is 7.50. The normalized spacial score (nSPS) is 10.2. The number of rotatable bonds is 3. The van der Waals surface area contributed by atoms with Crippen LogP contribution in [-0.4, -0.2) is 18.2 Å². The Morgan fingerprint density at radius 2 is 2.33 bits per heavy atom. The molecule has 0 aromatic carbocycles. The summed E-state index contributed by atoms with van der Waals surface area (Å²) in [5.41, 5.74) is 0.904. The summed E-state index contributed by atoms with van der Waals surface area (Å²) in [6.45, 7) is 3.39. The van der Waals surface area contributed by atoms with Gasteiger partial charge in [0.25, 0.3) is 5.56 Å². The Morgan fingerprint density at radius 1 is 1.58 bits per heavy atom. The van der Waals surface area contributed by atoms with Crippen molar-refractivity contribution in [3.63, 3.8) is 0 Å². The molecule has 0 atom stereocenters. The first-order valence-electron chi connectivity index (χ1n) is 4.06. The van der Waals surface area contributed by atoms with Crippen molar-refractivity contribution >= 4 is 0 Å². The van der Waals surface area contributed by atoms with E-state index in [-0.39, 0.29) is 5.56 Å². The molecule has 0 fully saturated rings. The van der Waals surface area contributed by atoms with Crippen LogP contribution >= 0.6 is 0 Å². The Kier molecular flexibility index (Phi) is 3.05. The minimum Gasteiger partial charge on any atom is -0.318 e. The maximum absolute atomic E-state index is 11.4. The van der Waals surface area contributed by atoms with E-state index < -0.39 is 0 Å². The fraction of sp³-hybridized carbons (Fsp3) is 0.444. The lowest BCUT2D eigenvalue weighted by Crippen LogP contribution is -2.25. The van der Waals surface area contributed by atoms with Gasteiger partial charge in [-0.05, 0) is 20.0 Å². The van der Waals surface area contributed by atoms with Gasteiger partial charge in [0.05, 0.1) is 0 Å². The summed E-state index contributed by atoms with van der Waals surface area (Å²) in [7, 11) is 1.88. The molecule has 3 heteroatoms. The van der Waals surface area contributed by atoms with Crippen LogP contribution in [0.15, 0.2) is 23.1 Å². The first-order valence-corrected chi connectivity index (χ1v) is 4.06. The van der Waals surface area contributed by atoms with Crippen molar-refractivity contribution < 1.29 is 0 Å². The van der Waals surface area contributed by atoms with E-state index in [2.05, 4.69) is 5.32 Å². The molecule has 1 rings (SSSR count). The number of nitrogens with zero attached hydrogens (tertiary/aromatic N) is 1. The van der Waals surface area contributed by atoms with Gasteiger partial charge < -0.3 is 9.88 Å². The number of pyridine rings is 1. The van der Waals surface area contributed by atoms with E-state index in [0.29, 0.717) is 0 Å². The number of hydrogen-bond acceptors (Lipinski definition) is 2. The first-order chi connectivity index (χ1) is 5.75. The molecule has 1 aromatic heterocycles. The van der Waals surface area contributed by atoms with E-state index in [0.717, 1.165) is 18.7 Å². The summed E-state index contributed by atoms with van der Waals surface area (Å²) >= 11 is 0. The van der Waals surface area contributed by atoms with Crippen molar-refractivity contribution in [2.24, 2.45) is 0 Å². The summed E-state index contributed by atoms with van der Waals surface area (Å²) in [6.07, 6.45) is 1.81. The van der Waals surface area contributed by atoms with Gasteiger partial charge in [-0.1, -0.05) is 6.07 Å². The van der Waals surface area contributed by atoms with E-state index >= 15 is 0 Å². The van der Waals surface area contributed by atoms with Crippen LogP contribution in [0, 0.1) is 6.92 Å². The fourth-order valence-corrected chi connectivity index (χ4v) is 1.07. The average Bonchev–Trinajstić information content (AvgIpc) is 2.08. The van der Waals surface area contributed by atoms with Crippen molar-refractivity contribution in [1.82, 2.24) is 9.88 Å². The third-order valence-corrected chi connectivity index (χ3v) is 1.81. The van der Waals surface area contributed by atoms with Gasteiger partial charge in [0.2, 0.25) is 0 Å². The van der Waals surface area contributed by atoms with Gasteiger partial charge >= 0.3 is 0 Å². The van der Waals surface area contributed by atoms with Crippen LogP contribution in [0.25, 0.3) is 0 Å². The summed E-state index contributed by atoms with van der Waals surface area (Å²) in [5, 5.41) is 3.00. The molecule has 66 valence electrons. The molecule has 0 aliphatic rings. The maximum atomic E-state index is 11.4. The molecule has 0 saturated carbocycles. The van der Waals surface area contributed by atoms with Gasteiger partial charge in [-0.3, -0.25) is 4.79 Å². The highest BCUT2D eigenvalue weighted by Gasteiger charge is 1.95. The largest absolute Gasteiger partial charge is 0.318 e. The van der Waals surface area contributed by atoms with Crippen LogP contribution in [0.4, 0.5) is 0 Å². The molecular weight excluding hydrogens is 152 g/mol. The number of aryl methyl sites for hydroxylation is 1. The van der Waals surface area contributed by atoms with Gasteiger partial charge in [0.15, 0.2) is 0 Å². The highest BCUT2D eigenvalue weighted by Crippen LogP contribution is 1.87. The Balaban J connectivity index is 2.85. The van der Waals surface area contributed by atoms with Crippen molar-refractivity contribution in [2.45, 2.75) is 13.5 Å². The van der Waals surface area contributed by atoms with E-state index in [1.165, 1.54) is 0 Å². The Labute approximate surface area is 72.0 Å². The molecule has 3 nitrogen and oxygen atoms in total. The first kappa shape index (κ1) is 9.00. The monoisotopic (exact) mass is 166 g/mol. The average molecular weight is 166 g/mol. The zero-order chi connectivity index (χ0) is 8.97. The molecule has 0 amide bonds. The van der Waals surface area contributed by atoms with E-state index in [9.17, 15) is 4.79 Å². The van der Waals surface area contributed by atoms with Gasteiger partial charge in [-0.2, -0.15) is 0 Å². The molecule has 1 aromatic rings. The smallest absolute Gasteiger partial charge is 0.253 e. The van der Waals surface area contributed by atoms with E-state index in [4.69, 9.17) is 0 Å². The van der Waals surface area contributed by atoms with Gasteiger partial charge in [0, 0.05) is 24.8 Å². The molecule has 0 aliphatic carbocycles. The summed E-state index contributed by atoms with van der Waals surface area (Å²) in [5.74, 6) is 0. The third kappa shape index (κ3) is 1.95. The lowest BCUT2D eigenvalue weighted by Gasteiger charge is -2.04. The number of hydrogen-bond donors (Lipinski definition) is 1. The van der Waals surface area contributed by atoms with E-state index in [1.54, 1.807) is 4.57 Å². The van der Waals surface area contributed by atoms with Crippen LogP contribution in [0.5, 0.6) is 0 Å². The maximum Gasteiger partial charge on any atom is 0.253 e. The molecule has 1 N–H and O–H groups in total. The van der Waals surface area contributed by atoms with Crippen molar-refractivity contribution in [3.05, 3.63) is 34.2 Å². The molecule has 0 bridgehead atoms. The quantitative estimate of drug-likeness (QED) is 0.704. The van der Waals surface area contributed by atoms with Crippen molar-refractivity contribution in [1.29, 1.82) is 0 Å². The minimum atomic E-state index is 0.104. The van der Waals surface area contributed by atoms with Crippen molar-refractivity contribution in [3.8, 4) is 0 Å². The van der Waals surface area contributed by atoms with Gasteiger partial charge in [-0.15, -0.1) is 0 Å². The lowest BCUT2D eigenvalue weighted by molar-refractivity contribution is 0.623. The molecule has 0 unspecified atom stereocenters. The predicted octanol–water partition coefficient (Wildman–Crippen LogP) is 0.376. The van der Waals surface area contributed by atoms with Crippen LogP contribution in [0.3, 0.4) is 0 Å². The van der Waals surface area contributed by atoms with Crippen LogP contribution in [0.1, 0.15) is 5.56 Å².